The highest BCUT2D eigenvalue weighted by Crippen LogP contribution is 1.88. The van der Waals surface area contributed by atoms with E-state index in [1.54, 1.807) is 0 Å². The molecule has 0 aliphatic heterocycles. The molecule has 0 atom stereocenters. The van der Waals surface area contributed by atoms with Crippen LogP contribution in [-0.2, 0) is 0 Å². The molecule has 4 nitrogen and oxygen atoms in total. The molecule has 1 amide bonds. The van der Waals surface area contributed by atoms with Crippen LogP contribution in [0.15, 0.2) is 23.0 Å². The van der Waals surface area contributed by atoms with Crippen molar-refractivity contribution in [3.63, 3.8) is 0 Å². The van der Waals surface area contributed by atoms with Gasteiger partial charge in [0.2, 0.25) is 5.56 Å². The number of terminal acetylenes is 1. The predicted molar refractivity (Wildman–Crippen MR) is 48.2 cm³/mol. The monoisotopic (exact) mass is 176 g/mol. The first-order chi connectivity index (χ1) is 6.24. The van der Waals surface area contributed by atoms with Crippen molar-refractivity contribution in [1.82, 2.24) is 10.3 Å². The Morgan fingerprint density at radius 3 is 3.00 bits per heavy atom. The third-order valence-corrected chi connectivity index (χ3v) is 1.36. The Bertz CT molecular complexity index is 401. The summed E-state index contributed by atoms with van der Waals surface area (Å²) >= 11 is 0. The quantitative estimate of drug-likeness (QED) is 0.610. The summed E-state index contributed by atoms with van der Waals surface area (Å²) in [6.07, 6.45) is 4.95. The highest BCUT2D eigenvalue weighted by molar-refractivity contribution is 5.92. The summed E-state index contributed by atoms with van der Waals surface area (Å²) < 4.78 is 0. The van der Waals surface area contributed by atoms with Crippen molar-refractivity contribution in [2.45, 2.75) is 0 Å². The van der Waals surface area contributed by atoms with Gasteiger partial charge in [0, 0.05) is 6.07 Å². The van der Waals surface area contributed by atoms with Crippen LogP contribution in [0, 0.1) is 12.3 Å². The first kappa shape index (κ1) is 9.07. The Morgan fingerprint density at radius 2 is 2.38 bits per heavy atom. The van der Waals surface area contributed by atoms with Crippen LogP contribution >= 0.6 is 0 Å². The van der Waals surface area contributed by atoms with Crippen molar-refractivity contribution >= 4 is 5.91 Å². The molecule has 0 aromatic carbocycles. The van der Waals surface area contributed by atoms with Crippen molar-refractivity contribution in [2.75, 3.05) is 6.54 Å². The van der Waals surface area contributed by atoms with Crippen LogP contribution in [0.4, 0.5) is 0 Å². The smallest absolute Gasteiger partial charge is 0.268 e. The van der Waals surface area contributed by atoms with Crippen LogP contribution in [0.1, 0.15) is 10.5 Å². The maximum atomic E-state index is 11.2. The SMILES string of the molecule is C#CCNC(=O)c1cccc(=O)[nH]1. The second-order valence-corrected chi connectivity index (χ2v) is 2.32. The molecule has 2 N–H and O–H groups in total. The topological polar surface area (TPSA) is 62.0 Å². The number of H-pyrrole nitrogens is 1. The van der Waals surface area contributed by atoms with E-state index in [1.165, 1.54) is 18.2 Å². The van der Waals surface area contributed by atoms with Crippen molar-refractivity contribution in [3.05, 3.63) is 34.2 Å². The number of pyridine rings is 1. The fourth-order valence-electron chi connectivity index (χ4n) is 0.807. The lowest BCUT2D eigenvalue weighted by Gasteiger charge is -1.99. The normalized spacial score (nSPS) is 8.85. The van der Waals surface area contributed by atoms with Gasteiger partial charge in [0.05, 0.1) is 6.54 Å². The van der Waals surface area contributed by atoms with Gasteiger partial charge >= 0.3 is 0 Å². The first-order valence-corrected chi connectivity index (χ1v) is 3.65. The number of hydrogen-bond donors (Lipinski definition) is 2. The molecule has 4 heteroatoms. The zero-order valence-electron chi connectivity index (χ0n) is 6.83. The minimum atomic E-state index is -0.379. The Labute approximate surface area is 75.0 Å². The Kier molecular flexibility index (Phi) is 2.87. The van der Waals surface area contributed by atoms with Crippen LogP contribution in [-0.4, -0.2) is 17.4 Å². The highest BCUT2D eigenvalue weighted by Gasteiger charge is 2.03. The Hall–Kier alpha value is -2.02. The summed E-state index contributed by atoms with van der Waals surface area (Å²) in [6, 6.07) is 4.34. The second kappa shape index (κ2) is 4.12. The average molecular weight is 176 g/mol. The summed E-state index contributed by atoms with van der Waals surface area (Å²) in [5.41, 5.74) is -0.101. The molecule has 0 radical (unpaired) electrons. The molecule has 0 aliphatic carbocycles. The van der Waals surface area contributed by atoms with Crippen molar-refractivity contribution in [1.29, 1.82) is 0 Å². The van der Waals surface area contributed by atoms with Crippen LogP contribution in [0.25, 0.3) is 0 Å². The van der Waals surface area contributed by atoms with E-state index in [2.05, 4.69) is 16.2 Å². The van der Waals surface area contributed by atoms with E-state index in [0.717, 1.165) is 0 Å². The molecule has 1 aromatic heterocycles. The number of aromatic nitrogens is 1. The summed E-state index contributed by atoms with van der Waals surface area (Å²) in [5, 5.41) is 2.43. The second-order valence-electron chi connectivity index (χ2n) is 2.32. The molecule has 1 rings (SSSR count). The molecule has 0 fully saturated rings. The fraction of sp³-hybridized carbons (Fsp3) is 0.111. The molecule has 1 aromatic rings. The number of carbonyl (C=O) groups is 1. The number of hydrogen-bond acceptors (Lipinski definition) is 2. The predicted octanol–water partition coefficient (Wildman–Crippen LogP) is -0.262. The van der Waals surface area contributed by atoms with Crippen molar-refractivity contribution in [2.24, 2.45) is 0 Å². The summed E-state index contributed by atoms with van der Waals surface area (Å²) in [6.45, 7) is 0.149. The van der Waals surface area contributed by atoms with Crippen LogP contribution in [0.5, 0.6) is 0 Å². The fourth-order valence-corrected chi connectivity index (χ4v) is 0.807. The lowest BCUT2D eigenvalue weighted by molar-refractivity contribution is 0.0953. The maximum Gasteiger partial charge on any atom is 0.268 e. The molecule has 13 heavy (non-hydrogen) atoms. The van der Waals surface area contributed by atoms with Gasteiger partial charge in [0.15, 0.2) is 0 Å². The van der Waals surface area contributed by atoms with E-state index in [0.29, 0.717) is 0 Å². The zero-order chi connectivity index (χ0) is 9.68. The lowest BCUT2D eigenvalue weighted by Crippen LogP contribution is -2.26. The van der Waals surface area contributed by atoms with E-state index in [-0.39, 0.29) is 23.7 Å². The Balaban J connectivity index is 2.78. The number of amides is 1. The van der Waals surface area contributed by atoms with Crippen LogP contribution in [0.2, 0.25) is 0 Å². The van der Waals surface area contributed by atoms with Gasteiger partial charge in [0.1, 0.15) is 5.69 Å². The molecule has 0 saturated carbocycles. The molecule has 1 heterocycles. The lowest BCUT2D eigenvalue weighted by atomic mass is 10.3. The molecule has 0 saturated heterocycles. The molecule has 0 aliphatic rings. The molecule has 0 bridgehead atoms. The third-order valence-electron chi connectivity index (χ3n) is 1.36. The molecular formula is C9H8N2O2. The number of nitrogens with one attached hydrogen (secondary N) is 2. The summed E-state index contributed by atoms with van der Waals surface area (Å²) in [5.74, 6) is 1.88. The number of carbonyl (C=O) groups excluding carboxylic acids is 1. The van der Waals surface area contributed by atoms with E-state index in [1.807, 2.05) is 0 Å². The number of rotatable bonds is 2. The summed E-state index contributed by atoms with van der Waals surface area (Å²) in [4.78, 5) is 24.4. The average Bonchev–Trinajstić information content (AvgIpc) is 2.14. The van der Waals surface area contributed by atoms with Crippen LogP contribution in [0.3, 0.4) is 0 Å². The minimum absolute atomic E-state index is 0.149. The third kappa shape index (κ3) is 2.49. The molecule has 0 unspecified atom stereocenters. The Morgan fingerprint density at radius 1 is 1.62 bits per heavy atom. The van der Waals surface area contributed by atoms with E-state index in [4.69, 9.17) is 6.42 Å². The van der Waals surface area contributed by atoms with Gasteiger partial charge in [-0.25, -0.2) is 0 Å². The molecular weight excluding hydrogens is 168 g/mol. The van der Waals surface area contributed by atoms with E-state index >= 15 is 0 Å². The summed E-state index contributed by atoms with van der Waals surface area (Å²) in [7, 11) is 0. The largest absolute Gasteiger partial charge is 0.340 e. The van der Waals surface area contributed by atoms with E-state index in [9.17, 15) is 9.59 Å². The van der Waals surface area contributed by atoms with Crippen LogP contribution < -0.4 is 10.9 Å². The van der Waals surface area contributed by atoms with Gasteiger partial charge in [-0.05, 0) is 6.07 Å². The van der Waals surface area contributed by atoms with Gasteiger partial charge in [-0.2, -0.15) is 0 Å². The maximum absolute atomic E-state index is 11.2. The zero-order valence-corrected chi connectivity index (χ0v) is 6.83. The first-order valence-electron chi connectivity index (χ1n) is 3.65. The highest BCUT2D eigenvalue weighted by atomic mass is 16.2. The van der Waals surface area contributed by atoms with Gasteiger partial charge in [-0.1, -0.05) is 12.0 Å². The number of aromatic amines is 1. The van der Waals surface area contributed by atoms with Gasteiger partial charge in [-0.15, -0.1) is 6.42 Å². The van der Waals surface area contributed by atoms with Crippen molar-refractivity contribution < 1.29 is 4.79 Å². The van der Waals surface area contributed by atoms with Gasteiger partial charge < -0.3 is 10.3 Å². The van der Waals surface area contributed by atoms with Crippen molar-refractivity contribution in [3.8, 4) is 12.3 Å². The van der Waals surface area contributed by atoms with Gasteiger partial charge in [0.25, 0.3) is 5.91 Å². The van der Waals surface area contributed by atoms with Gasteiger partial charge in [-0.3, -0.25) is 9.59 Å². The molecule has 66 valence electrons. The minimum Gasteiger partial charge on any atom is -0.340 e. The molecule has 0 spiro atoms. The van der Waals surface area contributed by atoms with E-state index < -0.39 is 0 Å². The standard InChI is InChI=1S/C9H8N2O2/c1-2-6-10-9(13)7-4-3-5-8(12)11-7/h1,3-5H,6H2,(H,10,13)(H,11,12).